The quantitative estimate of drug-likeness (QED) is 0.0669. The summed E-state index contributed by atoms with van der Waals surface area (Å²) in [6.45, 7) is 14.4. The third kappa shape index (κ3) is 23.3. The summed E-state index contributed by atoms with van der Waals surface area (Å²) in [5, 5.41) is 36.9. The highest BCUT2D eigenvalue weighted by molar-refractivity contribution is 7.88. The molecule has 21 rings (SSSR count). The number of sulfonamides is 2. The monoisotopic (exact) mass is 2110 g/mol. The van der Waals surface area contributed by atoms with Crippen molar-refractivity contribution in [1.29, 1.82) is 0 Å². The number of fused-ring (bicyclic) bond motifs is 5. The number of hydrogen-bond acceptors (Lipinski definition) is 17. The fourth-order valence-electron chi connectivity index (χ4n) is 21.7. The lowest BCUT2D eigenvalue weighted by Crippen LogP contribution is -2.43. The van der Waals surface area contributed by atoms with Gasteiger partial charge in [0.05, 0.1) is 61.8 Å². The van der Waals surface area contributed by atoms with Crippen molar-refractivity contribution >= 4 is 102 Å². The molecule has 770 valence electrons. The predicted octanol–water partition coefficient (Wildman–Crippen LogP) is 16.1. The first-order valence-corrected chi connectivity index (χ1v) is 54.3. The van der Waals surface area contributed by atoms with Gasteiger partial charge in [-0.2, -0.15) is 47.3 Å². The van der Waals surface area contributed by atoms with Crippen molar-refractivity contribution < 1.29 is 76.3 Å². The highest BCUT2D eigenvalue weighted by atomic mass is 35.5. The molecule has 15 heterocycles. The molecule has 144 heavy (non-hydrogen) atoms. The van der Waals surface area contributed by atoms with Gasteiger partial charge in [0, 0.05) is 189 Å². The van der Waals surface area contributed by atoms with Crippen molar-refractivity contribution in [3.63, 3.8) is 0 Å². The molecule has 43 heteroatoms. The standard InChI is InChI=1S/C22H26ClFN4O.C21H25F3N4O3S.C20H22ClFN4O2.C19H22ClFN4O3S.C19H22ClFN4O/c23-20-16(5-2-6-18(20)24)14-7-10-27(11-8-14)22(29)21-17-9-12-28(15-3-1-4-15)13-19(17)25-26-21;1-13-9-15(11-16(10-13)21(22,23)24)14-3-6-27(7-4-14)20(29)19-17-12-28(32(2,30)31)8-5-18(17)25-26-19;1-12(27)26-10-7-15-17(11-26)23-24-19(15)20(28)25-8-5-13(6-9-25)14-3-2-4-16(22)18(14)21;1-29(27,28)25-10-7-16-14(11-25)18(23-22-16)19(26)24-8-5-12(6-9-24)13-3-2-4-15(21)17(13)20;1-24-8-7-14-16(11-24)22-23-18(14)19(26)25-9-5-12(6-10-25)13-3-2-4-15(21)17(13)20/h2,5-6,14-15H,1,3-4,7-13H2,(H,25,26);9-11,14H,3-8,12H2,1-2H3,(H,25,26);2-4,13H,5-11H2,1H3,(H,23,24);2-4,12H,5-11H2,1H3,(H,22,23);2-4,12H,5-11H2,1H3,(H,22,23). The summed E-state index contributed by atoms with van der Waals surface area (Å²) in [6.07, 6.45) is 12.2. The minimum atomic E-state index is -4.39. The van der Waals surface area contributed by atoms with Gasteiger partial charge in [0.15, 0.2) is 28.5 Å². The van der Waals surface area contributed by atoms with E-state index in [4.69, 9.17) is 46.4 Å². The van der Waals surface area contributed by atoms with Crippen LogP contribution in [0.3, 0.4) is 0 Å². The van der Waals surface area contributed by atoms with Gasteiger partial charge < -0.3 is 34.3 Å². The first kappa shape index (κ1) is 105. The fraction of sp³-hybridized carbons (Fsp3) is 0.495. The molecule has 6 fully saturated rings. The zero-order chi connectivity index (χ0) is 102. The van der Waals surface area contributed by atoms with Gasteiger partial charge >= 0.3 is 6.18 Å². The van der Waals surface area contributed by atoms with Gasteiger partial charge in [-0.3, -0.25) is 59.2 Å². The van der Waals surface area contributed by atoms with E-state index >= 15 is 0 Å². The van der Waals surface area contributed by atoms with Crippen LogP contribution in [-0.4, -0.2) is 275 Å². The average Bonchev–Trinajstić information content (AvgIpc) is 1.62. The van der Waals surface area contributed by atoms with Crippen molar-refractivity contribution in [3.8, 4) is 0 Å². The number of likely N-dealkylation sites (N-methyl/N-ethyl adjacent to an activating group) is 1. The Labute approximate surface area is 851 Å². The summed E-state index contributed by atoms with van der Waals surface area (Å²) in [5.74, 6) is -1.58. The number of halogens is 11. The number of aromatic amines is 5. The van der Waals surface area contributed by atoms with E-state index in [0.29, 0.717) is 182 Å². The van der Waals surface area contributed by atoms with E-state index in [1.165, 1.54) is 64.5 Å². The highest BCUT2D eigenvalue weighted by Gasteiger charge is 2.42. The molecule has 10 aliphatic heterocycles. The van der Waals surface area contributed by atoms with Crippen LogP contribution < -0.4 is 0 Å². The molecule has 6 amide bonds. The Kier molecular flexibility index (Phi) is 32.4. The van der Waals surface area contributed by atoms with Gasteiger partial charge in [0.1, 0.15) is 23.3 Å². The number of aryl methyl sites for hydroxylation is 1. The number of likely N-dealkylation sites (tertiary alicyclic amines) is 5. The second-order valence-corrected chi connectivity index (χ2v) is 44.8. The number of nitrogens with one attached hydrogen (secondary N) is 5. The number of rotatable bonds is 13. The van der Waals surface area contributed by atoms with E-state index in [9.17, 15) is 76.3 Å². The molecule has 0 radical (unpaired) electrons. The number of aromatic nitrogens is 10. The van der Waals surface area contributed by atoms with E-state index in [2.05, 4.69) is 67.8 Å². The van der Waals surface area contributed by atoms with E-state index in [1.54, 1.807) is 63.8 Å². The van der Waals surface area contributed by atoms with Crippen LogP contribution in [0.15, 0.2) is 91.0 Å². The summed E-state index contributed by atoms with van der Waals surface area (Å²) in [6, 6.07) is 24.5. The van der Waals surface area contributed by atoms with Crippen molar-refractivity contribution in [1.82, 2.24) is 98.8 Å². The predicted molar refractivity (Wildman–Crippen MR) is 529 cm³/mol. The van der Waals surface area contributed by atoms with E-state index < -0.39 is 43.4 Å². The number of benzene rings is 5. The minimum Gasteiger partial charge on any atom is -0.337 e. The van der Waals surface area contributed by atoms with Crippen LogP contribution in [0.5, 0.6) is 0 Å². The summed E-state index contributed by atoms with van der Waals surface area (Å²) in [7, 11) is -4.66. The summed E-state index contributed by atoms with van der Waals surface area (Å²) in [5.41, 5.74) is 14.9. The summed E-state index contributed by atoms with van der Waals surface area (Å²) < 4.78 is 145. The SMILES string of the molecule is CC(=O)N1CCc2c(C(=O)N3CCC(c4cccc(F)c4Cl)CC3)n[nH]c2C1.CN1CCc2c(C(=O)N3CCC(c4cccc(F)c4Cl)CC3)n[nH]c2C1.CS(=O)(=O)N1CCc2[nH]nc(C(=O)N3CCC(c4cccc(F)c4Cl)CC3)c2C1.Cc1cc(C2CCN(C(=O)c3n[nH]c4c3CN(S(C)(=O)=O)CC4)CC2)cc(C(F)(F)F)c1.O=C(c1n[nH]c2c1CCN(C1CCC1)C2)N1CCC(c2cccc(F)c2Cl)CC1. The summed E-state index contributed by atoms with van der Waals surface area (Å²) in [4.78, 5) is 92.1. The smallest absolute Gasteiger partial charge is 0.337 e. The largest absolute Gasteiger partial charge is 0.416 e. The lowest BCUT2D eigenvalue weighted by Gasteiger charge is -2.39. The van der Waals surface area contributed by atoms with Crippen molar-refractivity contribution in [2.24, 2.45) is 0 Å². The van der Waals surface area contributed by atoms with Crippen LogP contribution in [-0.2, 0) is 95.8 Å². The first-order chi connectivity index (χ1) is 68.8. The molecule has 11 aliphatic rings. The van der Waals surface area contributed by atoms with Gasteiger partial charge in [0.25, 0.3) is 29.5 Å². The van der Waals surface area contributed by atoms with Crippen LogP contribution in [0.4, 0.5) is 30.7 Å². The third-order valence-electron chi connectivity index (χ3n) is 30.3. The second kappa shape index (κ2) is 44.6. The molecule has 5 aromatic carbocycles. The second-order valence-electron chi connectivity index (χ2n) is 39.4. The van der Waals surface area contributed by atoms with Crippen molar-refractivity contribution in [2.75, 3.05) is 118 Å². The molecule has 30 nitrogen and oxygen atoms in total. The Hall–Kier alpha value is -10.6. The normalized spacial score (nSPS) is 18.9. The molecule has 5 saturated heterocycles. The van der Waals surface area contributed by atoms with Gasteiger partial charge in [-0.25, -0.2) is 34.4 Å². The number of carbonyl (C=O) groups is 6. The number of H-pyrrole nitrogens is 5. The summed E-state index contributed by atoms with van der Waals surface area (Å²) >= 11 is 24.5. The zero-order valence-corrected chi connectivity index (χ0v) is 85.4. The maximum Gasteiger partial charge on any atom is 0.416 e. The number of piperidine rings is 5. The molecular weight excluding hydrogens is 1990 g/mol. The average molecular weight is 2110 g/mol. The maximum absolute atomic E-state index is 13.8. The van der Waals surface area contributed by atoms with E-state index in [0.717, 1.165) is 157 Å². The first-order valence-electron chi connectivity index (χ1n) is 49.1. The third-order valence-corrected chi connectivity index (χ3v) is 34.4. The highest BCUT2D eigenvalue weighted by Crippen LogP contribution is 2.43. The molecular formula is C101H117Cl4F7N20O10S2. The fourth-order valence-corrected chi connectivity index (χ4v) is 24.4. The number of nitrogens with zero attached hydrogens (tertiary/aromatic N) is 15. The molecule has 1 aliphatic carbocycles. The Bertz CT molecular complexity index is 6670. The van der Waals surface area contributed by atoms with Gasteiger partial charge in [-0.15, -0.1) is 0 Å². The Balaban J connectivity index is 0.000000124. The van der Waals surface area contributed by atoms with Crippen LogP contribution in [0.1, 0.15) is 268 Å². The number of alkyl halides is 3. The van der Waals surface area contributed by atoms with Crippen LogP contribution in [0.25, 0.3) is 0 Å². The lowest BCUT2D eigenvalue weighted by atomic mass is 9.87. The molecule has 5 N–H and O–H groups in total. The number of carbonyl (C=O) groups excluding carboxylic acids is 6. The van der Waals surface area contributed by atoms with Crippen molar-refractivity contribution in [2.45, 2.75) is 204 Å². The Morgan fingerprint density at radius 3 is 1.00 bits per heavy atom. The topological polar surface area (TPSA) is 346 Å². The number of amides is 6. The van der Waals surface area contributed by atoms with Gasteiger partial charge in [-0.1, -0.05) is 113 Å². The van der Waals surface area contributed by atoms with E-state index in [1.807, 2.05) is 34.1 Å². The Morgan fingerprint density at radius 2 is 0.674 bits per heavy atom. The molecule has 0 bridgehead atoms. The minimum absolute atomic E-state index is 0.00385. The Morgan fingerprint density at radius 1 is 0.361 bits per heavy atom. The zero-order valence-electron chi connectivity index (χ0n) is 80.8. The molecule has 1 saturated carbocycles. The molecule has 0 atom stereocenters. The van der Waals surface area contributed by atoms with Gasteiger partial charge in [0.2, 0.25) is 26.0 Å². The van der Waals surface area contributed by atoms with Gasteiger partial charge in [-0.05, 0) is 204 Å². The van der Waals surface area contributed by atoms with Crippen LogP contribution in [0, 0.1) is 30.2 Å². The van der Waals surface area contributed by atoms with E-state index in [-0.39, 0.29) is 121 Å². The van der Waals surface area contributed by atoms with Crippen LogP contribution in [0.2, 0.25) is 20.1 Å². The number of hydrogen-bond donors (Lipinski definition) is 5. The van der Waals surface area contributed by atoms with Crippen molar-refractivity contribution in [3.05, 3.63) is 258 Å². The van der Waals surface area contributed by atoms with Crippen LogP contribution >= 0.6 is 46.4 Å². The lowest BCUT2D eigenvalue weighted by molar-refractivity contribution is -0.137. The molecule has 0 spiro atoms. The molecule has 0 unspecified atom stereocenters. The molecule has 5 aromatic heterocycles. The maximum atomic E-state index is 13.8. The molecule has 10 aromatic rings.